The van der Waals surface area contributed by atoms with Crippen LogP contribution in [0.15, 0.2) is 60.7 Å². The van der Waals surface area contributed by atoms with Gasteiger partial charge in [0, 0.05) is 0 Å². The van der Waals surface area contributed by atoms with E-state index in [1.165, 1.54) is 23.8 Å². The van der Waals surface area contributed by atoms with E-state index in [-0.39, 0.29) is 11.3 Å². The first-order chi connectivity index (χ1) is 15.3. The number of aryl methyl sites for hydroxylation is 2. The Morgan fingerprint density at radius 2 is 1.69 bits per heavy atom. The van der Waals surface area contributed by atoms with Gasteiger partial charge in [-0.15, -0.1) is 0 Å². The zero-order valence-electron chi connectivity index (χ0n) is 17.4. The summed E-state index contributed by atoms with van der Waals surface area (Å²) < 4.78 is 14.8. The van der Waals surface area contributed by atoms with Gasteiger partial charge in [-0.3, -0.25) is 0 Å². The summed E-state index contributed by atoms with van der Waals surface area (Å²) in [7, 11) is 0. The molecule has 0 bridgehead atoms. The maximum absolute atomic E-state index is 14.8. The van der Waals surface area contributed by atoms with Gasteiger partial charge in [0.1, 0.15) is 22.9 Å². The normalized spacial score (nSPS) is 11.3. The Kier molecular flexibility index (Phi) is 4.44. The van der Waals surface area contributed by atoms with Gasteiger partial charge < -0.3 is 15.2 Å². The molecular weight excluding hydrogens is 407 g/mol. The van der Waals surface area contributed by atoms with Gasteiger partial charge in [-0.1, -0.05) is 30.3 Å². The first kappa shape index (κ1) is 19.8. The van der Waals surface area contributed by atoms with Crippen LogP contribution in [0.4, 0.5) is 4.39 Å². The average Bonchev–Trinajstić information content (AvgIpc) is 3.19. The van der Waals surface area contributed by atoms with E-state index in [0.29, 0.717) is 33.2 Å². The highest BCUT2D eigenvalue weighted by Gasteiger charge is 2.17. The number of carbonyl (C=O) groups is 1. The van der Waals surface area contributed by atoms with Crippen molar-refractivity contribution in [1.29, 1.82) is 0 Å². The minimum absolute atomic E-state index is 0.0164. The molecule has 0 atom stereocenters. The average molecular weight is 426 g/mol. The molecule has 1 heterocycles. The Labute approximate surface area is 182 Å². The largest absolute Gasteiger partial charge is 0.507 e. The summed E-state index contributed by atoms with van der Waals surface area (Å²) in [6, 6.07) is 17.1. The number of aromatic hydroxyl groups is 1. The molecule has 0 radical (unpaired) electrons. The highest BCUT2D eigenvalue weighted by atomic mass is 19.1. The Balaban J connectivity index is 1.68. The first-order valence-electron chi connectivity index (χ1n) is 10.1. The fraction of sp³-hybridized carbons (Fsp3) is 0.0769. The zero-order chi connectivity index (χ0) is 22.6. The summed E-state index contributed by atoms with van der Waals surface area (Å²) in [6.45, 7) is 4.08. The Morgan fingerprint density at radius 1 is 0.938 bits per heavy atom. The monoisotopic (exact) mass is 426 g/mol. The SMILES string of the molecule is Cc1ccc(-c2ccc(F)c(-c3nc4c(ccc5cc(C(=O)O)cc(O)c54)[nH]3)c2)cc1C. The lowest BCUT2D eigenvalue weighted by molar-refractivity contribution is 0.0696. The summed E-state index contributed by atoms with van der Waals surface area (Å²) >= 11 is 0. The second kappa shape index (κ2) is 7.20. The van der Waals surface area contributed by atoms with Crippen molar-refractivity contribution in [2.75, 3.05) is 0 Å². The van der Waals surface area contributed by atoms with Crippen LogP contribution in [-0.2, 0) is 0 Å². The van der Waals surface area contributed by atoms with Gasteiger partial charge in [-0.25, -0.2) is 14.2 Å². The third-order valence-electron chi connectivity index (χ3n) is 5.85. The number of carboxylic acid groups (broad SMARTS) is 1. The quantitative estimate of drug-likeness (QED) is 0.320. The van der Waals surface area contributed by atoms with E-state index in [1.54, 1.807) is 24.3 Å². The molecule has 0 fully saturated rings. The fourth-order valence-corrected chi connectivity index (χ4v) is 3.97. The number of imidazole rings is 1. The summed E-state index contributed by atoms with van der Waals surface area (Å²) in [5.74, 6) is -1.40. The van der Waals surface area contributed by atoms with Crippen LogP contribution < -0.4 is 0 Å². The molecule has 0 saturated carbocycles. The van der Waals surface area contributed by atoms with Gasteiger partial charge in [0.05, 0.1) is 22.0 Å². The molecule has 1 aromatic heterocycles. The molecule has 0 aliphatic heterocycles. The van der Waals surface area contributed by atoms with E-state index in [0.717, 1.165) is 16.7 Å². The molecule has 3 N–H and O–H groups in total. The molecule has 0 spiro atoms. The number of nitrogens with one attached hydrogen (secondary N) is 1. The van der Waals surface area contributed by atoms with Gasteiger partial charge in [0.25, 0.3) is 0 Å². The van der Waals surface area contributed by atoms with E-state index in [9.17, 15) is 19.4 Å². The molecule has 4 aromatic carbocycles. The van der Waals surface area contributed by atoms with Gasteiger partial charge in [0.15, 0.2) is 0 Å². The molecule has 158 valence electrons. The summed E-state index contributed by atoms with van der Waals surface area (Å²) in [5.41, 5.74) is 5.54. The molecule has 0 amide bonds. The first-order valence-corrected chi connectivity index (χ1v) is 10.1. The molecule has 6 heteroatoms. The third-order valence-corrected chi connectivity index (χ3v) is 5.85. The van der Waals surface area contributed by atoms with Crippen LogP contribution >= 0.6 is 0 Å². The van der Waals surface area contributed by atoms with Crippen LogP contribution in [0, 0.1) is 19.7 Å². The van der Waals surface area contributed by atoms with E-state index < -0.39 is 11.8 Å². The number of rotatable bonds is 3. The number of fused-ring (bicyclic) bond motifs is 3. The number of carboxylic acids is 1. The van der Waals surface area contributed by atoms with Crippen LogP contribution in [0.25, 0.3) is 44.3 Å². The maximum Gasteiger partial charge on any atom is 0.335 e. The lowest BCUT2D eigenvalue weighted by Crippen LogP contribution is -1.95. The molecular formula is C26H19FN2O3. The number of nitrogens with zero attached hydrogens (tertiary/aromatic N) is 1. The standard InChI is InChI=1S/C26H19FN2O3/c1-13-3-4-15(9-14(13)2)16-5-7-20(27)19(11-16)25-28-21-8-6-17-10-18(26(31)32)12-22(30)23(17)24(21)29-25/h3-12,30H,1-2H3,(H,28,29)(H,31,32). The summed E-state index contributed by atoms with van der Waals surface area (Å²) in [5, 5.41) is 20.7. The van der Waals surface area contributed by atoms with E-state index in [2.05, 4.69) is 16.0 Å². The number of hydrogen-bond acceptors (Lipinski definition) is 3. The molecule has 5 rings (SSSR count). The highest BCUT2D eigenvalue weighted by molar-refractivity contribution is 6.10. The molecule has 0 unspecified atom stereocenters. The van der Waals surface area contributed by atoms with E-state index in [4.69, 9.17) is 0 Å². The van der Waals surface area contributed by atoms with Crippen LogP contribution in [0.1, 0.15) is 21.5 Å². The van der Waals surface area contributed by atoms with Crippen molar-refractivity contribution >= 4 is 27.8 Å². The predicted octanol–water partition coefficient (Wildman–Crippen LogP) is 6.21. The van der Waals surface area contributed by atoms with Crippen LogP contribution in [0.3, 0.4) is 0 Å². The number of benzene rings is 4. The molecule has 5 aromatic rings. The van der Waals surface area contributed by atoms with Gasteiger partial charge in [-0.2, -0.15) is 0 Å². The lowest BCUT2D eigenvalue weighted by Gasteiger charge is -2.08. The lowest BCUT2D eigenvalue weighted by atomic mass is 9.99. The zero-order valence-corrected chi connectivity index (χ0v) is 17.4. The van der Waals surface area contributed by atoms with Crippen LogP contribution in [0.5, 0.6) is 5.75 Å². The van der Waals surface area contributed by atoms with Crippen molar-refractivity contribution in [2.45, 2.75) is 13.8 Å². The van der Waals surface area contributed by atoms with Crippen LogP contribution in [0.2, 0.25) is 0 Å². The Morgan fingerprint density at radius 3 is 2.44 bits per heavy atom. The number of phenolic OH excluding ortho intramolecular Hbond substituents is 1. The van der Waals surface area contributed by atoms with Gasteiger partial charge in [0.2, 0.25) is 0 Å². The minimum atomic E-state index is -1.13. The van der Waals surface area contributed by atoms with E-state index >= 15 is 0 Å². The van der Waals surface area contributed by atoms with Gasteiger partial charge >= 0.3 is 5.97 Å². The minimum Gasteiger partial charge on any atom is -0.507 e. The molecule has 5 nitrogen and oxygen atoms in total. The number of phenols is 1. The smallest absolute Gasteiger partial charge is 0.335 e. The van der Waals surface area contributed by atoms with Crippen molar-refractivity contribution in [2.24, 2.45) is 0 Å². The second-order valence-electron chi connectivity index (χ2n) is 7.94. The highest BCUT2D eigenvalue weighted by Crippen LogP contribution is 2.35. The third kappa shape index (κ3) is 3.17. The number of aromatic nitrogens is 2. The topological polar surface area (TPSA) is 86.2 Å². The number of hydrogen-bond donors (Lipinski definition) is 3. The number of aromatic carboxylic acids is 1. The van der Waals surface area contributed by atoms with Crippen molar-refractivity contribution in [1.82, 2.24) is 9.97 Å². The molecule has 32 heavy (non-hydrogen) atoms. The van der Waals surface area contributed by atoms with Gasteiger partial charge in [-0.05, 0) is 71.8 Å². The van der Waals surface area contributed by atoms with Crippen molar-refractivity contribution in [3.05, 3.63) is 83.2 Å². The molecule has 0 aliphatic rings. The number of H-pyrrole nitrogens is 1. The number of aromatic amines is 1. The maximum atomic E-state index is 14.8. The molecule has 0 saturated heterocycles. The summed E-state index contributed by atoms with van der Waals surface area (Å²) in [4.78, 5) is 19.0. The molecule has 0 aliphatic carbocycles. The second-order valence-corrected chi connectivity index (χ2v) is 7.94. The predicted molar refractivity (Wildman–Crippen MR) is 123 cm³/mol. The van der Waals surface area contributed by atoms with E-state index in [1.807, 2.05) is 26.0 Å². The van der Waals surface area contributed by atoms with Crippen molar-refractivity contribution in [3.8, 4) is 28.3 Å². The fourth-order valence-electron chi connectivity index (χ4n) is 3.97. The van der Waals surface area contributed by atoms with Crippen molar-refractivity contribution in [3.63, 3.8) is 0 Å². The van der Waals surface area contributed by atoms with Crippen molar-refractivity contribution < 1.29 is 19.4 Å². The number of halogens is 1. The Bertz CT molecular complexity index is 1550. The summed E-state index contributed by atoms with van der Waals surface area (Å²) in [6.07, 6.45) is 0. The van der Waals surface area contributed by atoms with Crippen LogP contribution in [-0.4, -0.2) is 26.2 Å². The Hall–Kier alpha value is -4.19.